The van der Waals surface area contributed by atoms with E-state index in [4.69, 9.17) is 4.74 Å². The second kappa shape index (κ2) is 11.6. The van der Waals surface area contributed by atoms with Gasteiger partial charge in [0, 0.05) is 44.7 Å². The van der Waals surface area contributed by atoms with Crippen LogP contribution in [-0.2, 0) is 11.3 Å². The number of nitrogens with one attached hydrogen (secondary N) is 2. The molecule has 0 bridgehead atoms. The van der Waals surface area contributed by atoms with Crippen LogP contribution in [0.5, 0.6) is 11.5 Å². The van der Waals surface area contributed by atoms with E-state index in [1.807, 2.05) is 66.4 Å². The summed E-state index contributed by atoms with van der Waals surface area (Å²) in [4.78, 5) is 18.1. The van der Waals surface area contributed by atoms with E-state index in [-0.39, 0.29) is 35.9 Å². The summed E-state index contributed by atoms with van der Waals surface area (Å²) in [7, 11) is 1.76. The SMILES string of the molecule is CCC(=O)N1CCC(NC(=NC)NCc2ccccc2Oc2ccccc2)C1.I. The lowest BCUT2D eigenvalue weighted by Gasteiger charge is -2.19. The van der Waals surface area contributed by atoms with Gasteiger partial charge >= 0.3 is 0 Å². The molecule has 0 radical (unpaired) electrons. The van der Waals surface area contributed by atoms with Crippen molar-refractivity contribution in [3.63, 3.8) is 0 Å². The maximum absolute atomic E-state index is 11.9. The Morgan fingerprint density at radius 2 is 1.90 bits per heavy atom. The minimum absolute atomic E-state index is 0. The molecule has 0 aromatic heterocycles. The van der Waals surface area contributed by atoms with Gasteiger partial charge in [-0.3, -0.25) is 9.79 Å². The highest BCUT2D eigenvalue weighted by Gasteiger charge is 2.25. The van der Waals surface area contributed by atoms with Crippen molar-refractivity contribution >= 4 is 35.8 Å². The highest BCUT2D eigenvalue weighted by molar-refractivity contribution is 14.0. The first-order chi connectivity index (χ1) is 13.7. The van der Waals surface area contributed by atoms with Crippen LogP contribution in [0.2, 0.25) is 0 Å². The van der Waals surface area contributed by atoms with E-state index in [1.54, 1.807) is 7.05 Å². The standard InChI is InChI=1S/C22H28N4O2.HI/c1-3-21(27)26-14-13-18(16-26)25-22(23-2)24-15-17-9-7-8-12-20(17)28-19-10-5-4-6-11-19;/h4-12,18H,3,13-16H2,1-2H3,(H2,23,24,25);1H. The molecular weight excluding hydrogens is 479 g/mol. The normalized spacial score (nSPS) is 16.1. The van der Waals surface area contributed by atoms with Gasteiger partial charge in [-0.1, -0.05) is 43.3 Å². The zero-order valence-electron chi connectivity index (χ0n) is 16.9. The number of para-hydroxylation sites is 2. The summed E-state index contributed by atoms with van der Waals surface area (Å²) in [6, 6.07) is 17.9. The van der Waals surface area contributed by atoms with E-state index < -0.39 is 0 Å². The van der Waals surface area contributed by atoms with Gasteiger partial charge in [-0.05, 0) is 24.6 Å². The molecule has 2 N–H and O–H groups in total. The smallest absolute Gasteiger partial charge is 0.222 e. The summed E-state index contributed by atoms with van der Waals surface area (Å²) in [5, 5.41) is 6.77. The van der Waals surface area contributed by atoms with E-state index >= 15 is 0 Å². The van der Waals surface area contributed by atoms with Gasteiger partial charge in [0.25, 0.3) is 0 Å². The number of benzene rings is 2. The van der Waals surface area contributed by atoms with E-state index in [1.165, 1.54) is 0 Å². The summed E-state index contributed by atoms with van der Waals surface area (Å²) in [5.41, 5.74) is 1.04. The number of amides is 1. The van der Waals surface area contributed by atoms with Crippen LogP contribution in [0.3, 0.4) is 0 Å². The minimum atomic E-state index is 0. The Labute approximate surface area is 189 Å². The molecule has 1 atom stereocenters. The predicted molar refractivity (Wildman–Crippen MR) is 127 cm³/mol. The number of nitrogens with zero attached hydrogens (tertiary/aromatic N) is 2. The highest BCUT2D eigenvalue weighted by atomic mass is 127. The first kappa shape index (κ1) is 23.0. The van der Waals surface area contributed by atoms with Gasteiger partial charge in [0.1, 0.15) is 11.5 Å². The van der Waals surface area contributed by atoms with Crippen molar-refractivity contribution in [1.82, 2.24) is 15.5 Å². The molecule has 156 valence electrons. The quantitative estimate of drug-likeness (QED) is 0.354. The zero-order valence-corrected chi connectivity index (χ0v) is 19.3. The third-order valence-corrected chi connectivity index (χ3v) is 4.80. The van der Waals surface area contributed by atoms with Crippen molar-refractivity contribution < 1.29 is 9.53 Å². The van der Waals surface area contributed by atoms with Crippen molar-refractivity contribution in [2.24, 2.45) is 4.99 Å². The average molecular weight is 508 g/mol. The third kappa shape index (κ3) is 6.62. The minimum Gasteiger partial charge on any atom is -0.457 e. The first-order valence-electron chi connectivity index (χ1n) is 9.75. The monoisotopic (exact) mass is 508 g/mol. The molecule has 3 rings (SSSR count). The number of hydrogen-bond acceptors (Lipinski definition) is 3. The third-order valence-electron chi connectivity index (χ3n) is 4.80. The summed E-state index contributed by atoms with van der Waals surface area (Å²) in [5.74, 6) is 2.56. The number of carbonyl (C=O) groups excluding carboxylic acids is 1. The largest absolute Gasteiger partial charge is 0.457 e. The van der Waals surface area contributed by atoms with Gasteiger partial charge in [-0.25, -0.2) is 0 Å². The second-order valence-electron chi connectivity index (χ2n) is 6.77. The molecule has 2 aromatic carbocycles. The molecule has 0 aliphatic carbocycles. The molecule has 1 heterocycles. The molecule has 7 heteroatoms. The predicted octanol–water partition coefficient (Wildman–Crippen LogP) is 3.77. The molecule has 1 amide bonds. The van der Waals surface area contributed by atoms with Gasteiger partial charge in [-0.15, -0.1) is 24.0 Å². The fraction of sp³-hybridized carbons (Fsp3) is 0.364. The van der Waals surface area contributed by atoms with Gasteiger partial charge in [0.05, 0.1) is 0 Å². The Morgan fingerprint density at radius 1 is 1.17 bits per heavy atom. The second-order valence-corrected chi connectivity index (χ2v) is 6.77. The zero-order chi connectivity index (χ0) is 19.8. The Balaban J connectivity index is 0.00000300. The number of guanidine groups is 1. The molecule has 1 aliphatic heterocycles. The molecule has 2 aromatic rings. The van der Waals surface area contributed by atoms with E-state index in [2.05, 4.69) is 15.6 Å². The number of rotatable bonds is 6. The number of aliphatic imine (C=N–C) groups is 1. The number of carbonyl (C=O) groups is 1. The molecule has 1 saturated heterocycles. The van der Waals surface area contributed by atoms with Crippen LogP contribution in [0.15, 0.2) is 59.6 Å². The van der Waals surface area contributed by atoms with Crippen LogP contribution in [0, 0.1) is 0 Å². The van der Waals surface area contributed by atoms with Crippen LogP contribution in [0.25, 0.3) is 0 Å². The summed E-state index contributed by atoms with van der Waals surface area (Å²) in [6.07, 6.45) is 1.48. The van der Waals surface area contributed by atoms with E-state index in [0.717, 1.165) is 42.5 Å². The number of ether oxygens (including phenoxy) is 1. The lowest BCUT2D eigenvalue weighted by Crippen LogP contribution is -2.44. The molecule has 1 fully saturated rings. The van der Waals surface area contributed by atoms with Gasteiger partial charge < -0.3 is 20.3 Å². The van der Waals surface area contributed by atoms with Gasteiger partial charge in [0.2, 0.25) is 5.91 Å². The Bertz CT molecular complexity index is 813. The van der Waals surface area contributed by atoms with Gasteiger partial charge in [-0.2, -0.15) is 0 Å². The molecular formula is C22H29IN4O2. The van der Waals surface area contributed by atoms with Crippen molar-refractivity contribution in [3.8, 4) is 11.5 Å². The molecule has 6 nitrogen and oxygen atoms in total. The lowest BCUT2D eigenvalue weighted by atomic mass is 10.2. The topological polar surface area (TPSA) is 66.0 Å². The maximum atomic E-state index is 11.9. The Hall–Kier alpha value is -2.29. The van der Waals surface area contributed by atoms with Crippen LogP contribution in [0.1, 0.15) is 25.3 Å². The molecule has 1 unspecified atom stereocenters. The van der Waals surface area contributed by atoms with Crippen LogP contribution in [0.4, 0.5) is 0 Å². The van der Waals surface area contributed by atoms with Crippen LogP contribution < -0.4 is 15.4 Å². The van der Waals surface area contributed by atoms with E-state index in [9.17, 15) is 4.79 Å². The molecule has 1 aliphatic rings. The summed E-state index contributed by atoms with van der Waals surface area (Å²) < 4.78 is 6.02. The summed E-state index contributed by atoms with van der Waals surface area (Å²) >= 11 is 0. The number of likely N-dealkylation sites (tertiary alicyclic amines) is 1. The highest BCUT2D eigenvalue weighted by Crippen LogP contribution is 2.24. The van der Waals surface area contributed by atoms with Crippen LogP contribution >= 0.6 is 24.0 Å². The van der Waals surface area contributed by atoms with Crippen molar-refractivity contribution in [2.45, 2.75) is 32.4 Å². The van der Waals surface area contributed by atoms with Crippen molar-refractivity contribution in [3.05, 3.63) is 60.2 Å². The average Bonchev–Trinajstić information content (AvgIpc) is 3.21. The first-order valence-corrected chi connectivity index (χ1v) is 9.75. The Kier molecular flexibility index (Phi) is 9.24. The number of hydrogen-bond donors (Lipinski definition) is 2. The van der Waals surface area contributed by atoms with Crippen molar-refractivity contribution in [2.75, 3.05) is 20.1 Å². The maximum Gasteiger partial charge on any atom is 0.222 e. The molecule has 29 heavy (non-hydrogen) atoms. The fourth-order valence-corrected chi connectivity index (χ4v) is 3.26. The van der Waals surface area contributed by atoms with E-state index in [0.29, 0.717) is 13.0 Å². The fourth-order valence-electron chi connectivity index (χ4n) is 3.26. The lowest BCUT2D eigenvalue weighted by molar-refractivity contribution is -0.129. The molecule has 0 saturated carbocycles. The van der Waals surface area contributed by atoms with Crippen LogP contribution in [-0.4, -0.2) is 42.9 Å². The Morgan fingerprint density at radius 3 is 2.62 bits per heavy atom. The molecule has 0 spiro atoms. The number of halogens is 1. The summed E-state index contributed by atoms with van der Waals surface area (Å²) in [6.45, 7) is 4.02. The van der Waals surface area contributed by atoms with Gasteiger partial charge in [0.15, 0.2) is 5.96 Å². The van der Waals surface area contributed by atoms with Crippen molar-refractivity contribution in [1.29, 1.82) is 0 Å².